The van der Waals surface area contributed by atoms with Crippen molar-refractivity contribution in [3.8, 4) is 0 Å². The molecule has 0 saturated heterocycles. The standard InChI is InChI=1S/C8H13N3S/c9-2-4-11-3-1-7-8(5-11)12-6-10-7/h6H,1-5,9H2. The maximum atomic E-state index is 5.50. The summed E-state index contributed by atoms with van der Waals surface area (Å²) in [5, 5.41) is 0. The van der Waals surface area contributed by atoms with E-state index in [9.17, 15) is 0 Å². The highest BCUT2D eigenvalue weighted by Gasteiger charge is 2.16. The third-order valence-corrected chi connectivity index (χ3v) is 3.06. The Morgan fingerprint density at radius 1 is 1.67 bits per heavy atom. The third kappa shape index (κ3) is 1.50. The van der Waals surface area contributed by atoms with Crippen LogP contribution in [0.1, 0.15) is 10.6 Å². The van der Waals surface area contributed by atoms with Gasteiger partial charge in [-0.15, -0.1) is 11.3 Å². The molecule has 2 N–H and O–H groups in total. The molecule has 0 aromatic carbocycles. The summed E-state index contributed by atoms with van der Waals surface area (Å²) in [6.07, 6.45) is 1.10. The van der Waals surface area contributed by atoms with Crippen LogP contribution in [0.4, 0.5) is 0 Å². The van der Waals surface area contributed by atoms with Crippen molar-refractivity contribution in [2.75, 3.05) is 19.6 Å². The van der Waals surface area contributed by atoms with Crippen LogP contribution in [0.15, 0.2) is 5.51 Å². The molecule has 0 bridgehead atoms. The summed E-state index contributed by atoms with van der Waals surface area (Å²) >= 11 is 1.76. The number of aromatic nitrogens is 1. The molecule has 2 heterocycles. The van der Waals surface area contributed by atoms with E-state index in [1.165, 1.54) is 10.6 Å². The minimum absolute atomic E-state index is 0.758. The van der Waals surface area contributed by atoms with Gasteiger partial charge in [0.25, 0.3) is 0 Å². The Balaban J connectivity index is 2.05. The van der Waals surface area contributed by atoms with Crippen molar-refractivity contribution in [2.45, 2.75) is 13.0 Å². The molecular weight excluding hydrogens is 170 g/mol. The van der Waals surface area contributed by atoms with Crippen LogP contribution < -0.4 is 5.73 Å². The Labute approximate surface area is 76.2 Å². The predicted octanol–water partition coefficient (Wildman–Crippen LogP) is 0.460. The summed E-state index contributed by atoms with van der Waals surface area (Å²) in [5.41, 5.74) is 8.74. The molecule has 1 aromatic rings. The van der Waals surface area contributed by atoms with Crippen LogP contribution in [0.25, 0.3) is 0 Å². The molecule has 2 rings (SSSR count). The van der Waals surface area contributed by atoms with Crippen LogP contribution in [0.3, 0.4) is 0 Å². The maximum absolute atomic E-state index is 5.50. The number of nitrogens with zero attached hydrogens (tertiary/aromatic N) is 2. The first-order valence-electron chi connectivity index (χ1n) is 4.24. The molecule has 0 spiro atoms. The van der Waals surface area contributed by atoms with E-state index < -0.39 is 0 Å². The molecule has 0 radical (unpaired) electrons. The lowest BCUT2D eigenvalue weighted by molar-refractivity contribution is 0.263. The van der Waals surface area contributed by atoms with E-state index in [1.807, 2.05) is 5.51 Å². The number of rotatable bonds is 2. The van der Waals surface area contributed by atoms with Crippen LogP contribution in [0, 0.1) is 0 Å². The monoisotopic (exact) mass is 183 g/mol. The minimum atomic E-state index is 0.758. The lowest BCUT2D eigenvalue weighted by atomic mass is 10.2. The van der Waals surface area contributed by atoms with Gasteiger partial charge in [-0.3, -0.25) is 4.90 Å². The van der Waals surface area contributed by atoms with Crippen molar-refractivity contribution in [3.05, 3.63) is 16.1 Å². The van der Waals surface area contributed by atoms with Gasteiger partial charge in [0.2, 0.25) is 0 Å². The second kappa shape index (κ2) is 3.51. The molecule has 3 nitrogen and oxygen atoms in total. The molecule has 1 aromatic heterocycles. The Morgan fingerprint density at radius 2 is 2.58 bits per heavy atom. The van der Waals surface area contributed by atoms with Crippen molar-refractivity contribution in [3.63, 3.8) is 0 Å². The minimum Gasteiger partial charge on any atom is -0.329 e. The Morgan fingerprint density at radius 3 is 3.42 bits per heavy atom. The first-order valence-corrected chi connectivity index (χ1v) is 5.12. The van der Waals surface area contributed by atoms with Gasteiger partial charge in [0.15, 0.2) is 0 Å². The van der Waals surface area contributed by atoms with E-state index in [0.29, 0.717) is 0 Å². The molecule has 1 aliphatic heterocycles. The highest BCUT2D eigenvalue weighted by atomic mass is 32.1. The van der Waals surface area contributed by atoms with Crippen LogP contribution in [-0.2, 0) is 13.0 Å². The summed E-state index contributed by atoms with van der Waals surface area (Å²) in [6.45, 7) is 3.94. The van der Waals surface area contributed by atoms with Crippen molar-refractivity contribution in [2.24, 2.45) is 5.73 Å². The number of fused-ring (bicyclic) bond motifs is 1. The molecule has 0 unspecified atom stereocenters. The molecule has 4 heteroatoms. The van der Waals surface area contributed by atoms with Gasteiger partial charge < -0.3 is 5.73 Å². The summed E-state index contributed by atoms with van der Waals surface area (Å²) in [5.74, 6) is 0. The third-order valence-electron chi connectivity index (χ3n) is 2.20. The Bertz CT molecular complexity index is 259. The van der Waals surface area contributed by atoms with E-state index in [-0.39, 0.29) is 0 Å². The molecule has 0 fully saturated rings. The largest absolute Gasteiger partial charge is 0.329 e. The summed E-state index contributed by atoms with van der Waals surface area (Å²) < 4.78 is 0. The van der Waals surface area contributed by atoms with Gasteiger partial charge in [-0.2, -0.15) is 0 Å². The van der Waals surface area contributed by atoms with Crippen molar-refractivity contribution in [1.82, 2.24) is 9.88 Å². The average molecular weight is 183 g/mol. The second-order valence-electron chi connectivity index (χ2n) is 3.04. The normalized spacial score (nSPS) is 17.8. The number of thiazole rings is 1. The summed E-state index contributed by atoms with van der Waals surface area (Å²) in [6, 6.07) is 0. The van der Waals surface area contributed by atoms with E-state index >= 15 is 0 Å². The molecule has 0 amide bonds. The molecule has 0 atom stereocenters. The smallest absolute Gasteiger partial charge is 0.0798 e. The SMILES string of the molecule is NCCN1CCc2ncsc2C1. The number of hydrogen-bond donors (Lipinski definition) is 1. The van der Waals surface area contributed by atoms with Gasteiger partial charge >= 0.3 is 0 Å². The molecule has 0 saturated carbocycles. The van der Waals surface area contributed by atoms with Crippen LogP contribution in [0.5, 0.6) is 0 Å². The first kappa shape index (κ1) is 8.16. The van der Waals surface area contributed by atoms with Gasteiger partial charge in [0.1, 0.15) is 0 Å². The van der Waals surface area contributed by atoms with Crippen LogP contribution in [0.2, 0.25) is 0 Å². The zero-order chi connectivity index (χ0) is 8.39. The summed E-state index contributed by atoms with van der Waals surface area (Å²) in [4.78, 5) is 8.13. The average Bonchev–Trinajstić information content (AvgIpc) is 2.51. The topological polar surface area (TPSA) is 42.1 Å². The summed E-state index contributed by atoms with van der Waals surface area (Å²) in [7, 11) is 0. The fourth-order valence-corrected chi connectivity index (χ4v) is 2.40. The van der Waals surface area contributed by atoms with E-state index in [0.717, 1.165) is 32.6 Å². The fourth-order valence-electron chi connectivity index (χ4n) is 1.55. The molecule has 1 aliphatic rings. The molecular formula is C8H13N3S. The van der Waals surface area contributed by atoms with Gasteiger partial charge in [-0.05, 0) is 0 Å². The van der Waals surface area contributed by atoms with E-state index in [4.69, 9.17) is 5.73 Å². The van der Waals surface area contributed by atoms with Crippen molar-refractivity contribution >= 4 is 11.3 Å². The lowest BCUT2D eigenvalue weighted by Gasteiger charge is -2.24. The highest BCUT2D eigenvalue weighted by Crippen LogP contribution is 2.20. The quantitative estimate of drug-likeness (QED) is 0.724. The van der Waals surface area contributed by atoms with Crippen LogP contribution in [-0.4, -0.2) is 29.5 Å². The van der Waals surface area contributed by atoms with Gasteiger partial charge in [0.05, 0.1) is 11.2 Å². The Kier molecular flexibility index (Phi) is 2.39. The highest BCUT2D eigenvalue weighted by molar-refractivity contribution is 7.09. The van der Waals surface area contributed by atoms with Gasteiger partial charge in [-0.25, -0.2) is 4.98 Å². The van der Waals surface area contributed by atoms with Crippen LogP contribution >= 0.6 is 11.3 Å². The number of hydrogen-bond acceptors (Lipinski definition) is 4. The molecule has 12 heavy (non-hydrogen) atoms. The van der Waals surface area contributed by atoms with Gasteiger partial charge in [0, 0.05) is 37.5 Å². The van der Waals surface area contributed by atoms with Crippen molar-refractivity contribution in [1.29, 1.82) is 0 Å². The zero-order valence-electron chi connectivity index (χ0n) is 6.99. The number of nitrogens with two attached hydrogens (primary N) is 1. The lowest BCUT2D eigenvalue weighted by Crippen LogP contribution is -2.33. The predicted molar refractivity (Wildman–Crippen MR) is 50.1 cm³/mol. The van der Waals surface area contributed by atoms with E-state index in [1.54, 1.807) is 11.3 Å². The second-order valence-corrected chi connectivity index (χ2v) is 3.98. The van der Waals surface area contributed by atoms with Gasteiger partial charge in [-0.1, -0.05) is 0 Å². The molecule has 0 aliphatic carbocycles. The fraction of sp³-hybridized carbons (Fsp3) is 0.625. The van der Waals surface area contributed by atoms with Crippen molar-refractivity contribution < 1.29 is 0 Å². The Hall–Kier alpha value is -0.450. The zero-order valence-corrected chi connectivity index (χ0v) is 7.81. The first-order chi connectivity index (χ1) is 5.90. The van der Waals surface area contributed by atoms with E-state index in [2.05, 4.69) is 9.88 Å². The molecule has 66 valence electrons. The maximum Gasteiger partial charge on any atom is 0.0798 e.